The molecule has 0 N–H and O–H groups in total. The van der Waals surface area contributed by atoms with Gasteiger partial charge in [-0.15, -0.1) is 6.58 Å². The van der Waals surface area contributed by atoms with Gasteiger partial charge in [-0.1, -0.05) is 55.8 Å². The fraction of sp³-hybridized carbons (Fsp3) is 0.680. The minimum absolute atomic E-state index is 0.231. The number of benzene rings is 1. The van der Waals surface area contributed by atoms with Gasteiger partial charge in [0.1, 0.15) is 5.82 Å². The van der Waals surface area contributed by atoms with Gasteiger partial charge < -0.3 is 0 Å². The number of allylic oxidation sites excluding steroid dienone is 1. The highest BCUT2D eigenvalue weighted by molar-refractivity contribution is 6.30. The summed E-state index contributed by atoms with van der Waals surface area (Å²) in [5.41, 5.74) is 1.09. The number of aryl methyl sites for hydroxylation is 1. The van der Waals surface area contributed by atoms with E-state index in [1.165, 1.54) is 77.0 Å². The van der Waals surface area contributed by atoms with Gasteiger partial charge in [0.2, 0.25) is 0 Å². The van der Waals surface area contributed by atoms with Crippen molar-refractivity contribution < 1.29 is 4.39 Å². The summed E-state index contributed by atoms with van der Waals surface area (Å²) < 4.78 is 13.6. The van der Waals surface area contributed by atoms with E-state index in [0.29, 0.717) is 0 Å². The Labute approximate surface area is 170 Å². The minimum Gasteiger partial charge on any atom is -0.205 e. The molecule has 0 spiro atoms. The summed E-state index contributed by atoms with van der Waals surface area (Å²) in [6, 6.07) is 5.28. The molecule has 0 unspecified atom stereocenters. The normalized spacial score (nSPS) is 28.8. The molecule has 3 rings (SSSR count). The van der Waals surface area contributed by atoms with E-state index in [0.717, 1.165) is 35.7 Å². The van der Waals surface area contributed by atoms with Crippen LogP contribution in [0.2, 0.25) is 5.02 Å². The van der Waals surface area contributed by atoms with Crippen LogP contribution < -0.4 is 0 Å². The molecule has 1 aromatic carbocycles. The Morgan fingerprint density at radius 3 is 2.07 bits per heavy atom. The molecule has 2 aliphatic carbocycles. The van der Waals surface area contributed by atoms with Crippen molar-refractivity contribution >= 4 is 11.6 Å². The number of halogens is 2. The average molecular weight is 391 g/mol. The molecule has 0 amide bonds. The Bertz CT molecular complexity index is 580. The first-order valence-corrected chi connectivity index (χ1v) is 11.6. The van der Waals surface area contributed by atoms with E-state index < -0.39 is 0 Å². The van der Waals surface area contributed by atoms with Gasteiger partial charge in [-0.05, 0) is 92.7 Å². The first-order valence-electron chi connectivity index (χ1n) is 11.2. The monoisotopic (exact) mass is 390 g/mol. The molecule has 0 aliphatic heterocycles. The molecule has 1 aromatic rings. The smallest absolute Gasteiger partial charge is 0.142 e. The van der Waals surface area contributed by atoms with E-state index >= 15 is 0 Å². The third-order valence-corrected chi connectivity index (χ3v) is 7.60. The fourth-order valence-corrected chi connectivity index (χ4v) is 5.63. The molecular formula is C25H36ClF. The fourth-order valence-electron chi connectivity index (χ4n) is 5.51. The van der Waals surface area contributed by atoms with Crippen molar-refractivity contribution in [2.45, 2.75) is 83.5 Å². The van der Waals surface area contributed by atoms with Crippen molar-refractivity contribution in [3.8, 4) is 0 Å². The van der Waals surface area contributed by atoms with E-state index in [-0.39, 0.29) is 10.8 Å². The maximum absolute atomic E-state index is 13.6. The van der Waals surface area contributed by atoms with Crippen LogP contribution in [0.4, 0.5) is 4.39 Å². The molecule has 2 saturated carbocycles. The van der Waals surface area contributed by atoms with Crippen LogP contribution in [0, 0.1) is 29.5 Å². The molecule has 0 radical (unpaired) electrons. The van der Waals surface area contributed by atoms with Crippen LogP contribution in [0.5, 0.6) is 0 Å². The van der Waals surface area contributed by atoms with Crippen molar-refractivity contribution in [1.82, 2.24) is 0 Å². The molecule has 0 saturated heterocycles. The molecule has 0 atom stereocenters. The predicted molar refractivity (Wildman–Crippen MR) is 115 cm³/mol. The Balaban J connectivity index is 1.34. The highest BCUT2D eigenvalue weighted by atomic mass is 35.5. The summed E-state index contributed by atoms with van der Waals surface area (Å²) in [4.78, 5) is 0. The van der Waals surface area contributed by atoms with Gasteiger partial charge in [-0.25, -0.2) is 4.39 Å². The molecule has 2 fully saturated rings. The van der Waals surface area contributed by atoms with Crippen LogP contribution in [-0.4, -0.2) is 0 Å². The first-order chi connectivity index (χ1) is 13.2. The molecule has 2 aliphatic rings. The molecule has 0 bridgehead atoms. The molecule has 150 valence electrons. The van der Waals surface area contributed by atoms with E-state index in [2.05, 4.69) is 12.7 Å². The average Bonchev–Trinajstić information content (AvgIpc) is 2.70. The maximum Gasteiger partial charge on any atom is 0.142 e. The standard InChI is InChI=1S/C25H36ClF/c1-2-3-4-5-19-8-13-22(14-9-19)23-15-10-20(11-16-23)6-7-21-12-17-24(26)25(27)18-21/h2,12,17-20,22-23H,1,3-11,13-16H2/t19-,20-,22-,23-. The zero-order chi connectivity index (χ0) is 19.1. The molecular weight excluding hydrogens is 355 g/mol. The van der Waals surface area contributed by atoms with Crippen LogP contribution in [0.1, 0.15) is 82.6 Å². The lowest BCUT2D eigenvalue weighted by atomic mass is 9.68. The summed E-state index contributed by atoms with van der Waals surface area (Å²) in [6.07, 6.45) is 19.6. The highest BCUT2D eigenvalue weighted by Gasteiger charge is 2.30. The minimum atomic E-state index is -0.280. The number of hydrogen-bond donors (Lipinski definition) is 0. The zero-order valence-corrected chi connectivity index (χ0v) is 17.5. The summed E-state index contributed by atoms with van der Waals surface area (Å²) in [6.45, 7) is 3.84. The second kappa shape index (κ2) is 10.6. The molecule has 0 aromatic heterocycles. The van der Waals surface area contributed by atoms with Crippen molar-refractivity contribution in [3.05, 3.63) is 47.3 Å². The molecule has 27 heavy (non-hydrogen) atoms. The summed E-state index contributed by atoms with van der Waals surface area (Å²) in [5.74, 6) is 3.50. The molecule has 2 heteroatoms. The second-order valence-corrected chi connectivity index (χ2v) is 9.48. The van der Waals surface area contributed by atoms with Crippen molar-refractivity contribution in [1.29, 1.82) is 0 Å². The van der Waals surface area contributed by atoms with Gasteiger partial charge in [0.25, 0.3) is 0 Å². The van der Waals surface area contributed by atoms with Gasteiger partial charge >= 0.3 is 0 Å². The third-order valence-electron chi connectivity index (χ3n) is 7.30. The van der Waals surface area contributed by atoms with Gasteiger partial charge in [0, 0.05) is 0 Å². The van der Waals surface area contributed by atoms with Gasteiger partial charge in [-0.3, -0.25) is 0 Å². The summed E-state index contributed by atoms with van der Waals surface area (Å²) >= 11 is 5.78. The van der Waals surface area contributed by atoms with Gasteiger partial charge in [-0.2, -0.15) is 0 Å². The van der Waals surface area contributed by atoms with Gasteiger partial charge in [0.15, 0.2) is 0 Å². The lowest BCUT2D eigenvalue weighted by Gasteiger charge is -2.38. The van der Waals surface area contributed by atoms with E-state index in [1.54, 1.807) is 12.1 Å². The topological polar surface area (TPSA) is 0 Å². The van der Waals surface area contributed by atoms with Crippen molar-refractivity contribution in [2.75, 3.05) is 0 Å². The molecule has 0 nitrogen and oxygen atoms in total. The first kappa shape index (κ1) is 20.9. The van der Waals surface area contributed by atoms with Crippen molar-refractivity contribution in [2.24, 2.45) is 23.7 Å². The molecule has 0 heterocycles. The second-order valence-electron chi connectivity index (χ2n) is 9.07. The SMILES string of the molecule is C=CCCC[C@H]1CC[C@H]([C@H]2CC[C@H](CCc3ccc(Cl)c(F)c3)CC2)CC1. The number of rotatable bonds is 8. The van der Waals surface area contributed by atoms with Crippen LogP contribution in [0.25, 0.3) is 0 Å². The third kappa shape index (κ3) is 6.34. The highest BCUT2D eigenvalue weighted by Crippen LogP contribution is 2.43. The van der Waals surface area contributed by atoms with E-state index in [4.69, 9.17) is 11.6 Å². The predicted octanol–water partition coefficient (Wildman–Crippen LogP) is 8.38. The van der Waals surface area contributed by atoms with Crippen LogP contribution in [0.15, 0.2) is 30.9 Å². The Morgan fingerprint density at radius 2 is 1.52 bits per heavy atom. The number of hydrogen-bond acceptors (Lipinski definition) is 0. The van der Waals surface area contributed by atoms with Crippen LogP contribution in [-0.2, 0) is 6.42 Å². The van der Waals surface area contributed by atoms with E-state index in [9.17, 15) is 4.39 Å². The zero-order valence-electron chi connectivity index (χ0n) is 16.8. The van der Waals surface area contributed by atoms with Crippen molar-refractivity contribution in [3.63, 3.8) is 0 Å². The Kier molecular flexibility index (Phi) is 8.24. The lowest BCUT2D eigenvalue weighted by Crippen LogP contribution is -2.26. The van der Waals surface area contributed by atoms with Gasteiger partial charge in [0.05, 0.1) is 5.02 Å². The summed E-state index contributed by atoms with van der Waals surface area (Å²) in [7, 11) is 0. The Morgan fingerprint density at radius 1 is 0.926 bits per heavy atom. The van der Waals surface area contributed by atoms with Crippen LogP contribution in [0.3, 0.4) is 0 Å². The largest absolute Gasteiger partial charge is 0.205 e. The van der Waals surface area contributed by atoms with E-state index in [1.807, 2.05) is 6.07 Å². The quantitative estimate of drug-likeness (QED) is 0.309. The Hall–Kier alpha value is -0.820. The maximum atomic E-state index is 13.6. The lowest BCUT2D eigenvalue weighted by molar-refractivity contribution is 0.141. The van der Waals surface area contributed by atoms with Crippen LogP contribution >= 0.6 is 11.6 Å². The summed E-state index contributed by atoms with van der Waals surface area (Å²) in [5, 5.41) is 0.231. The number of unbranched alkanes of at least 4 members (excludes halogenated alkanes) is 1.